The molecule has 0 atom stereocenters. The number of nitrogens with zero attached hydrogens (tertiary/aromatic N) is 1. The lowest BCUT2D eigenvalue weighted by Gasteiger charge is -2.26. The quantitative estimate of drug-likeness (QED) is 0.733. The van der Waals surface area contributed by atoms with Crippen LogP contribution in [0.4, 0.5) is 5.69 Å². The molecule has 2 aromatic carbocycles. The highest BCUT2D eigenvalue weighted by atomic mass is 16.6. The van der Waals surface area contributed by atoms with Gasteiger partial charge in [0.05, 0.1) is 6.42 Å². The number of anilines is 1. The number of hydrogen-bond donors (Lipinski definition) is 0. The topological polar surface area (TPSA) is 65.1 Å². The number of esters is 1. The van der Waals surface area contributed by atoms with Gasteiger partial charge in [0.2, 0.25) is 0 Å². The van der Waals surface area contributed by atoms with E-state index in [1.807, 2.05) is 44.2 Å². The molecule has 0 bridgehead atoms. The second-order valence-electron chi connectivity index (χ2n) is 6.51. The first-order valence-electron chi connectivity index (χ1n) is 8.96. The van der Waals surface area contributed by atoms with E-state index in [9.17, 15) is 9.59 Å². The summed E-state index contributed by atoms with van der Waals surface area (Å²) in [5.41, 5.74) is 1.53. The largest absolute Gasteiger partial charge is 0.486 e. The van der Waals surface area contributed by atoms with Gasteiger partial charge in [-0.1, -0.05) is 24.3 Å². The van der Waals surface area contributed by atoms with Crippen molar-refractivity contribution in [1.29, 1.82) is 0 Å². The first kappa shape index (κ1) is 18.8. The maximum absolute atomic E-state index is 12.5. The molecule has 0 radical (unpaired) electrons. The van der Waals surface area contributed by atoms with E-state index < -0.39 is 5.97 Å². The van der Waals surface area contributed by atoms with Gasteiger partial charge in [-0.2, -0.15) is 0 Å². The van der Waals surface area contributed by atoms with Gasteiger partial charge < -0.3 is 19.1 Å². The third-order valence-electron chi connectivity index (χ3n) is 4.13. The monoisotopic (exact) mass is 369 g/mol. The highest BCUT2D eigenvalue weighted by molar-refractivity contribution is 5.95. The SMILES string of the molecule is CC(C)N(C(=O)COC(=O)Cc1ccc2c(c1)OCCO2)c1ccccc1. The molecule has 0 aliphatic carbocycles. The zero-order chi connectivity index (χ0) is 19.2. The van der Waals surface area contributed by atoms with Gasteiger partial charge in [-0.15, -0.1) is 0 Å². The molecule has 2 aromatic rings. The molecule has 6 nitrogen and oxygen atoms in total. The minimum absolute atomic E-state index is 0.0450. The van der Waals surface area contributed by atoms with Gasteiger partial charge in [-0.05, 0) is 43.7 Å². The zero-order valence-corrected chi connectivity index (χ0v) is 15.5. The Balaban J connectivity index is 1.57. The summed E-state index contributed by atoms with van der Waals surface area (Å²) in [7, 11) is 0. The molecule has 0 aromatic heterocycles. The average molecular weight is 369 g/mol. The van der Waals surface area contributed by atoms with Crippen LogP contribution in [-0.2, 0) is 20.7 Å². The summed E-state index contributed by atoms with van der Waals surface area (Å²) < 4.78 is 16.2. The van der Waals surface area contributed by atoms with Crippen LogP contribution < -0.4 is 14.4 Å². The first-order valence-corrected chi connectivity index (χ1v) is 8.96. The van der Waals surface area contributed by atoms with Crippen molar-refractivity contribution in [3.63, 3.8) is 0 Å². The summed E-state index contributed by atoms with van der Waals surface area (Å²) >= 11 is 0. The van der Waals surface area contributed by atoms with E-state index in [0.717, 1.165) is 11.3 Å². The molecule has 1 amide bonds. The first-order chi connectivity index (χ1) is 13.0. The molecule has 3 rings (SSSR count). The number of carbonyl (C=O) groups excluding carboxylic acids is 2. The van der Waals surface area contributed by atoms with Gasteiger partial charge in [0, 0.05) is 11.7 Å². The number of carbonyl (C=O) groups is 2. The van der Waals surface area contributed by atoms with Gasteiger partial charge in [0.25, 0.3) is 5.91 Å². The lowest BCUT2D eigenvalue weighted by Crippen LogP contribution is -2.40. The fraction of sp³-hybridized carbons (Fsp3) is 0.333. The molecule has 6 heteroatoms. The molecule has 1 aliphatic rings. The number of fused-ring (bicyclic) bond motifs is 1. The predicted octanol–water partition coefficient (Wildman–Crippen LogP) is 2.99. The summed E-state index contributed by atoms with van der Waals surface area (Å²) in [6, 6.07) is 14.6. The van der Waals surface area contributed by atoms with Gasteiger partial charge in [-0.3, -0.25) is 9.59 Å². The van der Waals surface area contributed by atoms with Crippen LogP contribution in [-0.4, -0.2) is 37.7 Å². The molecule has 27 heavy (non-hydrogen) atoms. The van der Waals surface area contributed by atoms with Crippen LogP contribution in [0.3, 0.4) is 0 Å². The Bertz CT molecular complexity index is 803. The predicted molar refractivity (Wildman–Crippen MR) is 101 cm³/mol. The molecule has 1 heterocycles. The lowest BCUT2D eigenvalue weighted by atomic mass is 10.1. The maximum Gasteiger partial charge on any atom is 0.310 e. The van der Waals surface area contributed by atoms with Gasteiger partial charge in [-0.25, -0.2) is 0 Å². The Kier molecular flexibility index (Phi) is 5.96. The minimum Gasteiger partial charge on any atom is -0.486 e. The summed E-state index contributed by atoms with van der Waals surface area (Å²) in [6.07, 6.45) is 0.0664. The number of hydrogen-bond acceptors (Lipinski definition) is 5. The van der Waals surface area contributed by atoms with E-state index in [2.05, 4.69) is 0 Å². The summed E-state index contributed by atoms with van der Waals surface area (Å²) in [5, 5.41) is 0. The maximum atomic E-state index is 12.5. The molecule has 0 unspecified atom stereocenters. The Morgan fingerprint density at radius 3 is 2.44 bits per heavy atom. The standard InChI is InChI=1S/C21H23NO5/c1-15(2)22(17-6-4-3-5-7-17)20(23)14-27-21(24)13-16-8-9-18-19(12-16)26-11-10-25-18/h3-9,12,15H,10-11,13-14H2,1-2H3. The van der Waals surface area contributed by atoms with Gasteiger partial charge >= 0.3 is 5.97 Å². The van der Waals surface area contributed by atoms with E-state index in [0.29, 0.717) is 24.7 Å². The van der Waals surface area contributed by atoms with E-state index >= 15 is 0 Å². The number of rotatable bonds is 6. The van der Waals surface area contributed by atoms with Crippen molar-refractivity contribution in [1.82, 2.24) is 0 Å². The summed E-state index contributed by atoms with van der Waals surface area (Å²) in [6.45, 7) is 4.55. The Morgan fingerprint density at radius 2 is 1.74 bits per heavy atom. The molecular formula is C21H23NO5. The van der Waals surface area contributed by atoms with Crippen molar-refractivity contribution in [3.05, 3.63) is 54.1 Å². The highest BCUT2D eigenvalue weighted by Gasteiger charge is 2.21. The fourth-order valence-electron chi connectivity index (χ4n) is 2.95. The normalized spacial score (nSPS) is 12.6. The van der Waals surface area contributed by atoms with Gasteiger partial charge in [0.15, 0.2) is 18.1 Å². The van der Waals surface area contributed by atoms with Crippen LogP contribution in [0.2, 0.25) is 0 Å². The van der Waals surface area contributed by atoms with Crippen molar-refractivity contribution >= 4 is 17.6 Å². The van der Waals surface area contributed by atoms with E-state index in [1.165, 1.54) is 0 Å². The van der Waals surface area contributed by atoms with Crippen molar-refractivity contribution in [3.8, 4) is 11.5 Å². The number of ether oxygens (including phenoxy) is 3. The van der Waals surface area contributed by atoms with Crippen LogP contribution in [0.5, 0.6) is 11.5 Å². The second kappa shape index (κ2) is 8.58. The lowest BCUT2D eigenvalue weighted by molar-refractivity contribution is -0.147. The van der Waals surface area contributed by atoms with Crippen molar-refractivity contribution in [2.45, 2.75) is 26.3 Å². The molecule has 142 valence electrons. The van der Waals surface area contributed by atoms with Crippen molar-refractivity contribution in [2.24, 2.45) is 0 Å². The van der Waals surface area contributed by atoms with Crippen LogP contribution in [0.1, 0.15) is 19.4 Å². The van der Waals surface area contributed by atoms with E-state index in [1.54, 1.807) is 23.1 Å². The highest BCUT2D eigenvalue weighted by Crippen LogP contribution is 2.30. The second-order valence-corrected chi connectivity index (χ2v) is 6.51. The van der Waals surface area contributed by atoms with Crippen LogP contribution >= 0.6 is 0 Å². The third-order valence-corrected chi connectivity index (χ3v) is 4.13. The fourth-order valence-corrected chi connectivity index (χ4v) is 2.95. The summed E-state index contributed by atoms with van der Waals surface area (Å²) in [4.78, 5) is 26.3. The number of amides is 1. The van der Waals surface area contributed by atoms with Crippen molar-refractivity contribution in [2.75, 3.05) is 24.7 Å². The van der Waals surface area contributed by atoms with Gasteiger partial charge in [0.1, 0.15) is 13.2 Å². The van der Waals surface area contributed by atoms with E-state index in [-0.39, 0.29) is 25.0 Å². The van der Waals surface area contributed by atoms with Crippen LogP contribution in [0.15, 0.2) is 48.5 Å². The molecule has 0 saturated heterocycles. The molecule has 1 aliphatic heterocycles. The Labute approximate surface area is 158 Å². The molecular weight excluding hydrogens is 346 g/mol. The Hall–Kier alpha value is -3.02. The van der Waals surface area contributed by atoms with E-state index in [4.69, 9.17) is 14.2 Å². The molecule has 0 spiro atoms. The molecule has 0 fully saturated rings. The smallest absolute Gasteiger partial charge is 0.310 e. The van der Waals surface area contributed by atoms with Crippen molar-refractivity contribution < 1.29 is 23.8 Å². The van der Waals surface area contributed by atoms with Crippen LogP contribution in [0, 0.1) is 0 Å². The molecule has 0 saturated carbocycles. The average Bonchev–Trinajstić information content (AvgIpc) is 2.67. The van der Waals surface area contributed by atoms with Crippen LogP contribution in [0.25, 0.3) is 0 Å². The summed E-state index contributed by atoms with van der Waals surface area (Å²) in [5.74, 6) is 0.574. The Morgan fingerprint density at radius 1 is 1.04 bits per heavy atom. The third kappa shape index (κ3) is 4.78. The zero-order valence-electron chi connectivity index (χ0n) is 15.5. The minimum atomic E-state index is -0.461. The molecule has 0 N–H and O–H groups in total. The number of benzene rings is 2. The number of para-hydroxylation sites is 1.